The Labute approximate surface area is 127 Å². The summed E-state index contributed by atoms with van der Waals surface area (Å²) in [6, 6.07) is 9.33. The number of oxazole rings is 1. The number of nitrogens with zero attached hydrogens (tertiary/aromatic N) is 2. The molecule has 0 aliphatic carbocycles. The number of rotatable bonds is 4. The van der Waals surface area contributed by atoms with Crippen molar-refractivity contribution in [3.05, 3.63) is 60.2 Å². The highest BCUT2D eigenvalue weighted by atomic mass is 35.5. The Balaban J connectivity index is 0.00000161. The SMILES string of the molecule is Cl.O=C(NCCc1ccc2ncoc2c1)c1cccnc1. The van der Waals surface area contributed by atoms with Crippen LogP contribution >= 0.6 is 12.4 Å². The highest BCUT2D eigenvalue weighted by Crippen LogP contribution is 2.14. The van der Waals surface area contributed by atoms with Gasteiger partial charge in [-0.05, 0) is 36.2 Å². The molecule has 2 aromatic heterocycles. The molecule has 21 heavy (non-hydrogen) atoms. The van der Waals surface area contributed by atoms with Crippen LogP contribution in [0.3, 0.4) is 0 Å². The van der Waals surface area contributed by atoms with Gasteiger partial charge in [0.05, 0.1) is 5.56 Å². The number of amides is 1. The van der Waals surface area contributed by atoms with Crippen LogP contribution in [0.5, 0.6) is 0 Å². The molecule has 1 amide bonds. The Kier molecular flexibility index (Phi) is 4.90. The van der Waals surface area contributed by atoms with E-state index in [4.69, 9.17) is 4.42 Å². The highest BCUT2D eigenvalue weighted by molar-refractivity contribution is 5.93. The summed E-state index contributed by atoms with van der Waals surface area (Å²) in [4.78, 5) is 19.8. The maximum absolute atomic E-state index is 11.8. The van der Waals surface area contributed by atoms with Crippen molar-refractivity contribution in [3.63, 3.8) is 0 Å². The monoisotopic (exact) mass is 303 g/mol. The first-order chi connectivity index (χ1) is 9.83. The van der Waals surface area contributed by atoms with Crippen molar-refractivity contribution < 1.29 is 9.21 Å². The summed E-state index contributed by atoms with van der Waals surface area (Å²) in [5.74, 6) is -0.112. The fraction of sp³-hybridized carbons (Fsp3) is 0.133. The summed E-state index contributed by atoms with van der Waals surface area (Å²) in [5.41, 5.74) is 3.27. The minimum Gasteiger partial charge on any atom is -0.443 e. The van der Waals surface area contributed by atoms with Crippen LogP contribution < -0.4 is 5.32 Å². The molecule has 0 unspecified atom stereocenters. The van der Waals surface area contributed by atoms with E-state index in [0.717, 1.165) is 23.1 Å². The molecule has 108 valence electrons. The second-order valence-corrected chi connectivity index (χ2v) is 4.40. The molecule has 0 fully saturated rings. The van der Waals surface area contributed by atoms with E-state index in [1.807, 2.05) is 18.2 Å². The van der Waals surface area contributed by atoms with Gasteiger partial charge < -0.3 is 9.73 Å². The van der Waals surface area contributed by atoms with Crippen LogP contribution in [0, 0.1) is 0 Å². The van der Waals surface area contributed by atoms with E-state index < -0.39 is 0 Å². The lowest BCUT2D eigenvalue weighted by Gasteiger charge is -2.05. The molecule has 0 aliphatic rings. The number of fused-ring (bicyclic) bond motifs is 1. The average Bonchev–Trinajstić information content (AvgIpc) is 2.95. The Bertz CT molecular complexity index is 728. The van der Waals surface area contributed by atoms with Gasteiger partial charge in [0, 0.05) is 18.9 Å². The summed E-state index contributed by atoms with van der Waals surface area (Å²) in [6.07, 6.45) is 5.36. The molecule has 0 radical (unpaired) electrons. The molecule has 1 N–H and O–H groups in total. The van der Waals surface area contributed by atoms with Gasteiger partial charge in [-0.3, -0.25) is 9.78 Å². The van der Waals surface area contributed by atoms with Gasteiger partial charge in [0.25, 0.3) is 5.91 Å². The molecule has 1 aromatic carbocycles. The summed E-state index contributed by atoms with van der Waals surface area (Å²) in [6.45, 7) is 0.563. The van der Waals surface area contributed by atoms with Crippen molar-refractivity contribution in [2.75, 3.05) is 6.54 Å². The van der Waals surface area contributed by atoms with Gasteiger partial charge >= 0.3 is 0 Å². The molecule has 0 bridgehead atoms. The standard InChI is InChI=1S/C15H13N3O2.ClH/c19-15(12-2-1-6-16-9-12)17-7-5-11-3-4-13-14(8-11)20-10-18-13;/h1-4,6,8-10H,5,7H2,(H,17,19);1H. The third-order valence-corrected chi connectivity index (χ3v) is 3.02. The second kappa shape index (κ2) is 6.85. The predicted molar refractivity (Wildman–Crippen MR) is 81.5 cm³/mol. The number of benzene rings is 1. The van der Waals surface area contributed by atoms with Crippen molar-refractivity contribution in [2.45, 2.75) is 6.42 Å². The van der Waals surface area contributed by atoms with Crippen LogP contribution in [0.1, 0.15) is 15.9 Å². The summed E-state index contributed by atoms with van der Waals surface area (Å²) in [5, 5.41) is 2.86. The fourth-order valence-electron chi connectivity index (χ4n) is 1.97. The lowest BCUT2D eigenvalue weighted by atomic mass is 10.1. The van der Waals surface area contributed by atoms with Gasteiger partial charge in [0.15, 0.2) is 12.0 Å². The molecular formula is C15H14ClN3O2. The third-order valence-electron chi connectivity index (χ3n) is 3.02. The number of nitrogens with one attached hydrogen (secondary N) is 1. The Morgan fingerprint density at radius 1 is 1.29 bits per heavy atom. The molecule has 0 saturated carbocycles. The van der Waals surface area contributed by atoms with Gasteiger partial charge in [-0.2, -0.15) is 0 Å². The topological polar surface area (TPSA) is 68.0 Å². The van der Waals surface area contributed by atoms with Crippen molar-refractivity contribution >= 4 is 29.4 Å². The maximum Gasteiger partial charge on any atom is 0.252 e. The lowest BCUT2D eigenvalue weighted by Crippen LogP contribution is -2.25. The van der Waals surface area contributed by atoms with E-state index in [-0.39, 0.29) is 18.3 Å². The summed E-state index contributed by atoms with van der Waals surface area (Å²) in [7, 11) is 0. The Morgan fingerprint density at radius 2 is 2.19 bits per heavy atom. The number of carbonyl (C=O) groups excluding carboxylic acids is 1. The lowest BCUT2D eigenvalue weighted by molar-refractivity contribution is 0.0954. The first-order valence-electron chi connectivity index (χ1n) is 6.33. The number of aromatic nitrogens is 2. The van der Waals surface area contributed by atoms with E-state index >= 15 is 0 Å². The zero-order valence-corrected chi connectivity index (χ0v) is 12.0. The Hall–Kier alpha value is -2.40. The second-order valence-electron chi connectivity index (χ2n) is 4.40. The van der Waals surface area contributed by atoms with Crippen molar-refractivity contribution in [2.24, 2.45) is 0 Å². The third kappa shape index (κ3) is 3.58. The molecule has 0 saturated heterocycles. The molecule has 0 spiro atoms. The number of hydrogen-bond acceptors (Lipinski definition) is 4. The zero-order valence-electron chi connectivity index (χ0n) is 11.2. The van der Waals surface area contributed by atoms with Gasteiger partial charge in [-0.1, -0.05) is 6.07 Å². The summed E-state index contributed by atoms with van der Waals surface area (Å²) >= 11 is 0. The Morgan fingerprint density at radius 3 is 3.00 bits per heavy atom. The largest absolute Gasteiger partial charge is 0.443 e. The maximum atomic E-state index is 11.8. The quantitative estimate of drug-likeness (QED) is 0.804. The van der Waals surface area contributed by atoms with Crippen LogP contribution in [-0.4, -0.2) is 22.4 Å². The first kappa shape index (κ1) is 15.0. The van der Waals surface area contributed by atoms with Gasteiger partial charge in [0.1, 0.15) is 5.52 Å². The van der Waals surface area contributed by atoms with Gasteiger partial charge in [0.2, 0.25) is 0 Å². The molecule has 0 atom stereocenters. The van der Waals surface area contributed by atoms with Crippen LogP contribution in [0.25, 0.3) is 11.1 Å². The smallest absolute Gasteiger partial charge is 0.252 e. The molecule has 0 aliphatic heterocycles. The number of pyridine rings is 1. The van der Waals surface area contributed by atoms with Crippen LogP contribution in [-0.2, 0) is 6.42 Å². The van der Waals surface area contributed by atoms with Gasteiger partial charge in [-0.25, -0.2) is 4.98 Å². The molecule has 2 heterocycles. The van der Waals surface area contributed by atoms with E-state index in [1.165, 1.54) is 6.39 Å². The zero-order chi connectivity index (χ0) is 13.8. The molecule has 6 heteroatoms. The van der Waals surface area contributed by atoms with Crippen molar-refractivity contribution in [3.8, 4) is 0 Å². The molecule has 3 aromatic rings. The number of hydrogen-bond donors (Lipinski definition) is 1. The molecule has 5 nitrogen and oxygen atoms in total. The van der Waals surface area contributed by atoms with Crippen LogP contribution in [0.4, 0.5) is 0 Å². The summed E-state index contributed by atoms with van der Waals surface area (Å²) < 4.78 is 5.25. The average molecular weight is 304 g/mol. The highest BCUT2D eigenvalue weighted by Gasteiger charge is 2.05. The van der Waals surface area contributed by atoms with E-state index in [1.54, 1.807) is 24.5 Å². The number of carbonyl (C=O) groups is 1. The minimum absolute atomic E-state index is 0. The van der Waals surface area contributed by atoms with Gasteiger partial charge in [-0.15, -0.1) is 12.4 Å². The van der Waals surface area contributed by atoms with E-state index in [0.29, 0.717) is 12.1 Å². The predicted octanol–water partition coefficient (Wildman–Crippen LogP) is 2.62. The molecular weight excluding hydrogens is 290 g/mol. The van der Waals surface area contributed by atoms with E-state index in [9.17, 15) is 4.79 Å². The van der Waals surface area contributed by atoms with Crippen molar-refractivity contribution in [1.82, 2.24) is 15.3 Å². The minimum atomic E-state index is -0.112. The normalized spacial score (nSPS) is 10.1. The van der Waals surface area contributed by atoms with Crippen LogP contribution in [0.15, 0.2) is 53.5 Å². The van der Waals surface area contributed by atoms with E-state index in [2.05, 4.69) is 15.3 Å². The van der Waals surface area contributed by atoms with Crippen molar-refractivity contribution in [1.29, 1.82) is 0 Å². The first-order valence-corrected chi connectivity index (χ1v) is 6.33. The fourth-order valence-corrected chi connectivity index (χ4v) is 1.97. The molecule has 3 rings (SSSR count). The number of halogens is 1. The van der Waals surface area contributed by atoms with Crippen LogP contribution in [0.2, 0.25) is 0 Å².